The first-order valence-corrected chi connectivity index (χ1v) is 10.4. The van der Waals surface area contributed by atoms with Gasteiger partial charge in [0.25, 0.3) is 5.91 Å². The molecule has 0 spiro atoms. The Labute approximate surface area is 155 Å². The Balaban J connectivity index is 1.70. The van der Waals surface area contributed by atoms with E-state index in [-0.39, 0.29) is 29.4 Å². The lowest BCUT2D eigenvalue weighted by Gasteiger charge is -2.20. The van der Waals surface area contributed by atoms with E-state index in [4.69, 9.17) is 11.6 Å². The molecule has 0 bridgehead atoms. The molecule has 0 unspecified atom stereocenters. The van der Waals surface area contributed by atoms with Gasteiger partial charge in [0.1, 0.15) is 0 Å². The summed E-state index contributed by atoms with van der Waals surface area (Å²) in [6.45, 7) is 0.492. The van der Waals surface area contributed by atoms with Crippen LogP contribution in [0.2, 0.25) is 5.02 Å². The number of carbonyl (C=O) groups is 3. The van der Waals surface area contributed by atoms with E-state index < -0.39 is 27.6 Å². The predicted molar refractivity (Wildman–Crippen MR) is 95.4 cm³/mol. The lowest BCUT2D eigenvalue weighted by atomic mass is 10.1. The Morgan fingerprint density at radius 1 is 1.23 bits per heavy atom. The highest BCUT2D eigenvalue weighted by atomic mass is 35.5. The third kappa shape index (κ3) is 3.99. The van der Waals surface area contributed by atoms with Crippen LogP contribution in [0.1, 0.15) is 29.6 Å². The zero-order valence-corrected chi connectivity index (χ0v) is 15.4. The van der Waals surface area contributed by atoms with Crippen molar-refractivity contribution in [1.29, 1.82) is 0 Å². The van der Waals surface area contributed by atoms with E-state index in [0.717, 1.165) is 0 Å². The first-order valence-electron chi connectivity index (χ1n) is 8.17. The number of benzene rings is 1. The van der Waals surface area contributed by atoms with Crippen molar-refractivity contribution < 1.29 is 22.8 Å². The van der Waals surface area contributed by atoms with Crippen molar-refractivity contribution in [2.75, 3.05) is 23.0 Å². The molecule has 1 aromatic carbocycles. The smallest absolute Gasteiger partial charge is 0.271 e. The van der Waals surface area contributed by atoms with Crippen molar-refractivity contribution in [3.8, 4) is 0 Å². The van der Waals surface area contributed by atoms with Crippen LogP contribution in [0.4, 0.5) is 5.69 Å². The normalized spacial score (nSPS) is 21.7. The molecule has 2 fully saturated rings. The Hall–Kier alpha value is -2.13. The van der Waals surface area contributed by atoms with E-state index in [2.05, 4.69) is 10.9 Å². The molecule has 3 rings (SSSR count). The number of hydrazine groups is 1. The van der Waals surface area contributed by atoms with Gasteiger partial charge in [-0.15, -0.1) is 0 Å². The van der Waals surface area contributed by atoms with Crippen LogP contribution >= 0.6 is 11.6 Å². The second kappa shape index (κ2) is 7.24. The Kier molecular flexibility index (Phi) is 5.19. The average Bonchev–Trinajstić information content (AvgIpc) is 3.17. The SMILES string of the molecule is O=C(NNC(=O)[C@H]1CCS(=O)(=O)C1)c1ccc(Cl)cc1N1CCCC1=O. The molecule has 3 amide bonds. The van der Waals surface area contributed by atoms with E-state index in [1.54, 1.807) is 0 Å². The van der Waals surface area contributed by atoms with Gasteiger partial charge in [-0.2, -0.15) is 0 Å². The summed E-state index contributed by atoms with van der Waals surface area (Å²) in [7, 11) is -3.19. The average molecular weight is 400 g/mol. The minimum absolute atomic E-state index is 0.0303. The van der Waals surface area contributed by atoms with Gasteiger partial charge in [0.2, 0.25) is 11.8 Å². The molecular formula is C16H18ClN3O5S. The summed E-state index contributed by atoms with van der Waals surface area (Å²) < 4.78 is 22.9. The molecule has 140 valence electrons. The summed E-state index contributed by atoms with van der Waals surface area (Å²) in [6, 6.07) is 4.53. The molecule has 0 aliphatic carbocycles. The fourth-order valence-electron chi connectivity index (χ4n) is 3.11. The van der Waals surface area contributed by atoms with Crippen LogP contribution in [0, 0.1) is 5.92 Å². The highest BCUT2D eigenvalue weighted by Gasteiger charge is 2.33. The van der Waals surface area contributed by atoms with Gasteiger partial charge in [-0.25, -0.2) is 8.42 Å². The number of halogens is 1. The molecule has 0 aromatic heterocycles. The highest BCUT2D eigenvalue weighted by Crippen LogP contribution is 2.28. The second-order valence-electron chi connectivity index (χ2n) is 6.35. The van der Waals surface area contributed by atoms with Crippen LogP contribution in [-0.4, -0.2) is 44.2 Å². The molecule has 10 heteroatoms. The van der Waals surface area contributed by atoms with Crippen molar-refractivity contribution in [2.45, 2.75) is 19.3 Å². The standard InChI is InChI=1S/C16H18ClN3O5S/c17-11-3-4-12(13(8-11)20-6-1-2-14(20)21)16(23)19-18-15(22)10-5-7-26(24,25)9-10/h3-4,8,10H,1-2,5-7,9H2,(H,18,22)(H,19,23)/t10-/m0/s1. The fraction of sp³-hybridized carbons (Fsp3) is 0.438. The number of amides is 3. The molecule has 0 saturated carbocycles. The van der Waals surface area contributed by atoms with Crippen molar-refractivity contribution in [2.24, 2.45) is 5.92 Å². The van der Waals surface area contributed by atoms with Gasteiger partial charge in [0.15, 0.2) is 9.84 Å². The largest absolute Gasteiger partial charge is 0.312 e. The number of carbonyl (C=O) groups excluding carboxylic acids is 3. The van der Waals surface area contributed by atoms with Crippen LogP contribution in [0.25, 0.3) is 0 Å². The van der Waals surface area contributed by atoms with Gasteiger partial charge >= 0.3 is 0 Å². The molecule has 1 atom stereocenters. The van der Waals surface area contributed by atoms with Crippen molar-refractivity contribution in [1.82, 2.24) is 10.9 Å². The Morgan fingerprint density at radius 3 is 2.62 bits per heavy atom. The highest BCUT2D eigenvalue weighted by molar-refractivity contribution is 7.91. The minimum Gasteiger partial charge on any atom is -0.312 e. The molecule has 8 nitrogen and oxygen atoms in total. The second-order valence-corrected chi connectivity index (χ2v) is 9.02. The van der Waals surface area contributed by atoms with Gasteiger partial charge in [-0.05, 0) is 31.0 Å². The molecule has 2 aliphatic rings. The third-order valence-corrected chi connectivity index (χ3v) is 6.47. The van der Waals surface area contributed by atoms with E-state index in [1.165, 1.54) is 23.1 Å². The molecule has 2 heterocycles. The maximum atomic E-state index is 12.5. The van der Waals surface area contributed by atoms with E-state index in [1.807, 2.05) is 0 Å². The van der Waals surface area contributed by atoms with Crippen molar-refractivity contribution in [3.05, 3.63) is 28.8 Å². The Bertz CT molecular complexity index is 871. The van der Waals surface area contributed by atoms with Crippen LogP contribution in [0.15, 0.2) is 18.2 Å². The number of anilines is 1. The predicted octanol–water partition coefficient (Wildman–Crippen LogP) is 0.663. The topological polar surface area (TPSA) is 113 Å². The van der Waals surface area contributed by atoms with Gasteiger partial charge in [-0.3, -0.25) is 25.2 Å². The lowest BCUT2D eigenvalue weighted by Crippen LogP contribution is -2.45. The third-order valence-electron chi connectivity index (χ3n) is 4.47. The van der Waals surface area contributed by atoms with Crippen molar-refractivity contribution >= 4 is 44.8 Å². The van der Waals surface area contributed by atoms with Gasteiger partial charge < -0.3 is 4.90 Å². The number of nitrogens with one attached hydrogen (secondary N) is 2. The maximum absolute atomic E-state index is 12.5. The first kappa shape index (κ1) is 18.7. The molecule has 26 heavy (non-hydrogen) atoms. The van der Waals surface area contributed by atoms with Gasteiger partial charge in [0.05, 0.1) is 28.7 Å². The quantitative estimate of drug-likeness (QED) is 0.725. The number of hydrogen-bond acceptors (Lipinski definition) is 5. The maximum Gasteiger partial charge on any atom is 0.271 e. The number of nitrogens with zero attached hydrogens (tertiary/aromatic N) is 1. The van der Waals surface area contributed by atoms with E-state index >= 15 is 0 Å². The molecule has 1 aromatic rings. The molecule has 2 aliphatic heterocycles. The molecule has 2 N–H and O–H groups in total. The summed E-state index contributed by atoms with van der Waals surface area (Å²) in [5.41, 5.74) is 5.13. The van der Waals surface area contributed by atoms with Crippen molar-refractivity contribution in [3.63, 3.8) is 0 Å². The monoisotopic (exact) mass is 399 g/mol. The minimum atomic E-state index is -3.19. The molecule has 2 saturated heterocycles. The zero-order valence-electron chi connectivity index (χ0n) is 13.8. The zero-order chi connectivity index (χ0) is 18.9. The number of rotatable bonds is 3. The first-order chi connectivity index (χ1) is 12.3. The van der Waals surface area contributed by atoms with Gasteiger partial charge in [-0.1, -0.05) is 11.6 Å². The lowest BCUT2D eigenvalue weighted by molar-refractivity contribution is -0.125. The number of sulfone groups is 1. The molecule has 0 radical (unpaired) electrons. The van der Waals surface area contributed by atoms with Crippen LogP contribution in [-0.2, 0) is 19.4 Å². The van der Waals surface area contributed by atoms with E-state index in [0.29, 0.717) is 30.1 Å². The van der Waals surface area contributed by atoms with Gasteiger partial charge in [0, 0.05) is 18.0 Å². The fourth-order valence-corrected chi connectivity index (χ4v) is 5.02. The Morgan fingerprint density at radius 2 is 2.00 bits per heavy atom. The summed E-state index contributed by atoms with van der Waals surface area (Å²) in [4.78, 5) is 38.0. The summed E-state index contributed by atoms with van der Waals surface area (Å²) in [5, 5.41) is 0.386. The summed E-state index contributed by atoms with van der Waals surface area (Å²) >= 11 is 5.99. The van der Waals surface area contributed by atoms with Crippen LogP contribution < -0.4 is 15.8 Å². The van der Waals surface area contributed by atoms with Crippen LogP contribution in [0.5, 0.6) is 0 Å². The number of hydrogen-bond donors (Lipinski definition) is 2. The molecular weight excluding hydrogens is 382 g/mol. The van der Waals surface area contributed by atoms with E-state index in [9.17, 15) is 22.8 Å². The summed E-state index contributed by atoms with van der Waals surface area (Å²) in [6.07, 6.45) is 1.33. The summed E-state index contributed by atoms with van der Waals surface area (Å²) in [5.74, 6) is -2.18. The van der Waals surface area contributed by atoms with Crippen LogP contribution in [0.3, 0.4) is 0 Å².